The number of hydrogen-bond donors (Lipinski definition) is 4. The van der Waals surface area contributed by atoms with Gasteiger partial charge in [0.1, 0.15) is 5.82 Å². The van der Waals surface area contributed by atoms with E-state index in [4.69, 9.17) is 37.1 Å². The number of hydrogen-bond acceptors (Lipinski definition) is 6. The van der Waals surface area contributed by atoms with Crippen LogP contribution in [0.4, 0.5) is 4.39 Å². The third-order valence-electron chi connectivity index (χ3n) is 3.76. The quantitative estimate of drug-likeness (QED) is 0.528. The predicted molar refractivity (Wildman–Crippen MR) is 97.7 cm³/mol. The second kappa shape index (κ2) is 9.27. The van der Waals surface area contributed by atoms with Crippen LogP contribution >= 0.6 is 11.6 Å². The molecule has 1 unspecified atom stereocenters. The zero-order chi connectivity index (χ0) is 20.8. The van der Waals surface area contributed by atoms with Gasteiger partial charge in [-0.25, -0.2) is 14.0 Å². The van der Waals surface area contributed by atoms with E-state index in [1.807, 2.05) is 0 Å². The maximum atomic E-state index is 14.2. The highest BCUT2D eigenvalue weighted by molar-refractivity contribution is 6.30. The summed E-state index contributed by atoms with van der Waals surface area (Å²) in [5.41, 5.74) is 6.33. The molecule has 0 spiro atoms. The number of hydroxylamine groups is 2. The molecule has 0 amide bonds. The minimum atomic E-state index is -1.82. The van der Waals surface area contributed by atoms with Crippen LogP contribution in [0.25, 0.3) is 5.70 Å². The van der Waals surface area contributed by atoms with E-state index in [-0.39, 0.29) is 19.1 Å². The topological polar surface area (TPSA) is 136 Å². The Morgan fingerprint density at radius 3 is 2.43 bits per heavy atom. The zero-order valence-corrected chi connectivity index (χ0v) is 15.2. The van der Waals surface area contributed by atoms with E-state index in [1.54, 1.807) is 36.4 Å². The van der Waals surface area contributed by atoms with Gasteiger partial charge in [-0.2, -0.15) is 0 Å². The predicted octanol–water partition coefficient (Wildman–Crippen LogP) is 0.443. The number of aliphatic carboxylic acids is 2. The number of nitrogens with two attached hydrogens (primary N) is 1. The molecule has 28 heavy (non-hydrogen) atoms. The lowest BCUT2D eigenvalue weighted by atomic mass is 10.1. The van der Waals surface area contributed by atoms with Crippen molar-refractivity contribution in [1.82, 2.24) is 5.06 Å². The zero-order valence-electron chi connectivity index (χ0n) is 14.4. The Labute approximate surface area is 163 Å². The van der Waals surface area contributed by atoms with Crippen molar-refractivity contribution in [1.29, 1.82) is 0 Å². The first-order valence-electron chi connectivity index (χ1n) is 8.00. The van der Waals surface area contributed by atoms with Crippen molar-refractivity contribution in [3.05, 3.63) is 69.4 Å². The number of carboxylic acids is 2. The normalized spacial score (nSPS) is 15.5. The Morgan fingerprint density at radius 2 is 1.86 bits per heavy atom. The SMILES string of the molecule is NCC1CN(O)C(c2ccccc2F)=c2cc(Cl)ccc2=N1.O=C(O)C(=O)O. The average Bonchev–Trinajstić information content (AvgIpc) is 2.78. The molecule has 148 valence electrons. The summed E-state index contributed by atoms with van der Waals surface area (Å²) < 4.78 is 14.2. The summed E-state index contributed by atoms with van der Waals surface area (Å²) in [4.78, 5) is 22.7. The van der Waals surface area contributed by atoms with Crippen LogP contribution < -0.4 is 16.3 Å². The van der Waals surface area contributed by atoms with Crippen molar-refractivity contribution in [2.24, 2.45) is 10.7 Å². The number of benzene rings is 2. The second-order valence-electron chi connectivity index (χ2n) is 5.70. The Hall–Kier alpha value is -3.01. The summed E-state index contributed by atoms with van der Waals surface area (Å²) in [7, 11) is 0. The van der Waals surface area contributed by atoms with Crippen molar-refractivity contribution in [3.63, 3.8) is 0 Å². The second-order valence-corrected chi connectivity index (χ2v) is 6.14. The van der Waals surface area contributed by atoms with Gasteiger partial charge >= 0.3 is 11.9 Å². The van der Waals surface area contributed by atoms with Gasteiger partial charge in [0.25, 0.3) is 0 Å². The molecule has 1 aliphatic heterocycles. The van der Waals surface area contributed by atoms with Crippen molar-refractivity contribution in [2.75, 3.05) is 13.1 Å². The lowest BCUT2D eigenvalue weighted by Gasteiger charge is -2.22. The van der Waals surface area contributed by atoms with Crippen LogP contribution in [0.3, 0.4) is 0 Å². The van der Waals surface area contributed by atoms with E-state index in [9.17, 15) is 9.60 Å². The van der Waals surface area contributed by atoms with E-state index in [2.05, 4.69) is 4.99 Å². The first-order chi connectivity index (χ1) is 13.2. The van der Waals surface area contributed by atoms with E-state index in [0.717, 1.165) is 5.06 Å². The van der Waals surface area contributed by atoms with Crippen molar-refractivity contribution in [3.8, 4) is 0 Å². The minimum Gasteiger partial charge on any atom is -0.473 e. The molecule has 0 saturated carbocycles. The van der Waals surface area contributed by atoms with Gasteiger partial charge in [-0.1, -0.05) is 23.7 Å². The van der Waals surface area contributed by atoms with Crippen molar-refractivity contribution in [2.45, 2.75) is 6.04 Å². The van der Waals surface area contributed by atoms with Crippen LogP contribution in [0.1, 0.15) is 5.56 Å². The number of fused-ring (bicyclic) bond motifs is 1. The highest BCUT2D eigenvalue weighted by Crippen LogP contribution is 2.19. The summed E-state index contributed by atoms with van der Waals surface area (Å²) >= 11 is 6.07. The van der Waals surface area contributed by atoms with E-state index >= 15 is 0 Å². The van der Waals surface area contributed by atoms with E-state index < -0.39 is 17.8 Å². The number of halogens is 2. The molecule has 0 bridgehead atoms. The van der Waals surface area contributed by atoms with Crippen LogP contribution in [0.5, 0.6) is 0 Å². The molecule has 2 aromatic carbocycles. The molecular formula is C18H17ClFN3O5. The molecule has 3 rings (SSSR count). The molecule has 0 saturated heterocycles. The van der Waals surface area contributed by atoms with Gasteiger partial charge in [0.05, 0.1) is 23.6 Å². The molecule has 8 nitrogen and oxygen atoms in total. The Balaban J connectivity index is 0.000000409. The van der Waals surface area contributed by atoms with Gasteiger partial charge in [-0.05, 0) is 30.3 Å². The maximum Gasteiger partial charge on any atom is 0.414 e. The standard InChI is InChI=1S/C16H15ClFN3O.C2H2O4/c17-10-5-6-15-13(7-10)16(12-3-1-2-4-14(12)18)21(22)9-11(8-19)20-15;3-1(4)2(5)6/h1-7,11,22H,8-9,19H2;(H,3,4)(H,5,6). The summed E-state index contributed by atoms with van der Waals surface area (Å²) in [6, 6.07) is 11.1. The minimum absolute atomic E-state index is 0.187. The van der Waals surface area contributed by atoms with Gasteiger partial charge in [-0.3, -0.25) is 15.3 Å². The average molecular weight is 410 g/mol. The van der Waals surface area contributed by atoms with Gasteiger partial charge in [0, 0.05) is 22.3 Å². The maximum absolute atomic E-state index is 14.2. The fourth-order valence-corrected chi connectivity index (χ4v) is 2.71. The lowest BCUT2D eigenvalue weighted by molar-refractivity contribution is -0.159. The molecule has 0 fully saturated rings. The van der Waals surface area contributed by atoms with Crippen LogP contribution in [0.2, 0.25) is 5.02 Å². The number of rotatable bonds is 2. The molecule has 2 aromatic rings. The highest BCUT2D eigenvalue weighted by Gasteiger charge is 2.21. The van der Waals surface area contributed by atoms with Crippen LogP contribution in [-0.4, -0.2) is 51.6 Å². The molecule has 1 aliphatic rings. The first-order valence-corrected chi connectivity index (χ1v) is 8.37. The van der Waals surface area contributed by atoms with Crippen LogP contribution in [0.15, 0.2) is 47.5 Å². The van der Waals surface area contributed by atoms with E-state index in [0.29, 0.717) is 26.9 Å². The monoisotopic (exact) mass is 409 g/mol. The van der Waals surface area contributed by atoms with Gasteiger partial charge in [0.2, 0.25) is 0 Å². The third-order valence-corrected chi connectivity index (χ3v) is 4.00. The molecule has 0 aliphatic carbocycles. The lowest BCUT2D eigenvalue weighted by Crippen LogP contribution is -2.33. The van der Waals surface area contributed by atoms with Crippen LogP contribution in [-0.2, 0) is 9.59 Å². The number of nitrogens with zero attached hydrogens (tertiary/aromatic N) is 2. The Bertz CT molecular complexity index is 1000. The van der Waals surface area contributed by atoms with Gasteiger partial charge in [0.15, 0.2) is 0 Å². The molecule has 1 heterocycles. The van der Waals surface area contributed by atoms with Crippen LogP contribution in [0, 0.1) is 5.82 Å². The molecule has 1 atom stereocenters. The van der Waals surface area contributed by atoms with Crippen molar-refractivity contribution < 1.29 is 29.4 Å². The Kier molecular flexibility index (Phi) is 7.05. The largest absolute Gasteiger partial charge is 0.473 e. The number of carbonyl (C=O) groups is 2. The van der Waals surface area contributed by atoms with Gasteiger partial charge in [-0.15, -0.1) is 0 Å². The fraction of sp³-hybridized carbons (Fsp3) is 0.167. The molecule has 0 radical (unpaired) electrons. The highest BCUT2D eigenvalue weighted by atomic mass is 35.5. The molecule has 5 N–H and O–H groups in total. The fourth-order valence-electron chi connectivity index (χ4n) is 2.54. The van der Waals surface area contributed by atoms with Crippen molar-refractivity contribution >= 4 is 29.2 Å². The summed E-state index contributed by atoms with van der Waals surface area (Å²) in [5.74, 6) is -4.07. The smallest absolute Gasteiger partial charge is 0.414 e. The van der Waals surface area contributed by atoms with Gasteiger partial charge < -0.3 is 15.9 Å². The summed E-state index contributed by atoms with van der Waals surface area (Å²) in [6.07, 6.45) is 0. The molecule has 10 heteroatoms. The molecule has 0 aromatic heterocycles. The summed E-state index contributed by atoms with van der Waals surface area (Å²) in [5, 5.41) is 27.9. The summed E-state index contributed by atoms with van der Waals surface area (Å²) in [6.45, 7) is 0.468. The number of carboxylic acid groups (broad SMARTS) is 2. The molecular weight excluding hydrogens is 393 g/mol. The Morgan fingerprint density at radius 1 is 1.21 bits per heavy atom. The first kappa shape index (κ1) is 21.3. The van der Waals surface area contributed by atoms with E-state index in [1.165, 1.54) is 6.07 Å². The third kappa shape index (κ3) is 5.03.